The van der Waals surface area contributed by atoms with E-state index in [1.165, 1.54) is 0 Å². The van der Waals surface area contributed by atoms with Gasteiger partial charge >= 0.3 is 0 Å². The minimum absolute atomic E-state index is 0.285. The average molecular weight is 419 g/mol. The smallest absolute Gasteiger partial charge is 0.241 e. The van der Waals surface area contributed by atoms with Crippen LogP contribution in [-0.2, 0) is 21.2 Å². The Balaban J connectivity index is 2.08. The lowest BCUT2D eigenvalue weighted by atomic mass is 9.95. The van der Waals surface area contributed by atoms with E-state index in [9.17, 15) is 13.2 Å². The maximum Gasteiger partial charge on any atom is 0.241 e. The zero-order chi connectivity index (χ0) is 21.5. The second kappa shape index (κ2) is 9.78. The summed E-state index contributed by atoms with van der Waals surface area (Å²) in [5.41, 5.74) is 1.01. The Hall–Kier alpha value is -2.54. The lowest BCUT2D eigenvalue weighted by Gasteiger charge is -2.29. The van der Waals surface area contributed by atoms with Crippen LogP contribution >= 0.6 is 0 Å². The number of sulfonamides is 1. The number of benzene rings is 2. The van der Waals surface area contributed by atoms with Gasteiger partial charge in [0.05, 0.1) is 18.6 Å². The molecule has 0 saturated heterocycles. The molecule has 0 saturated carbocycles. The van der Waals surface area contributed by atoms with Crippen molar-refractivity contribution < 1.29 is 17.9 Å². The molecule has 1 N–H and O–H groups in total. The molecule has 6 nitrogen and oxygen atoms in total. The summed E-state index contributed by atoms with van der Waals surface area (Å²) in [6, 6.07) is 16.6. The van der Waals surface area contributed by atoms with Crippen LogP contribution in [0.4, 0.5) is 5.69 Å². The monoisotopic (exact) mass is 418 g/mol. The molecule has 0 spiro atoms. The van der Waals surface area contributed by atoms with Crippen LogP contribution in [0.5, 0.6) is 5.75 Å². The number of ether oxygens (including phenoxy) is 1. The van der Waals surface area contributed by atoms with Crippen molar-refractivity contribution in [1.82, 2.24) is 5.32 Å². The van der Waals surface area contributed by atoms with Crippen molar-refractivity contribution in [3.8, 4) is 5.75 Å². The van der Waals surface area contributed by atoms with Gasteiger partial charge in [-0.2, -0.15) is 0 Å². The van der Waals surface area contributed by atoms with Crippen molar-refractivity contribution in [3.63, 3.8) is 0 Å². The molecule has 0 fully saturated rings. The zero-order valence-electron chi connectivity index (χ0n) is 17.5. The molecule has 0 aliphatic carbocycles. The number of nitrogens with zero attached hydrogens (tertiary/aromatic N) is 1. The van der Waals surface area contributed by atoms with E-state index in [2.05, 4.69) is 5.32 Å². The highest BCUT2D eigenvalue weighted by Gasteiger charge is 2.25. The first-order valence-corrected chi connectivity index (χ1v) is 11.5. The minimum Gasteiger partial charge on any atom is -0.494 e. The third-order valence-corrected chi connectivity index (χ3v) is 5.39. The molecule has 0 unspecified atom stereocenters. The first-order chi connectivity index (χ1) is 13.6. The number of hydrogen-bond acceptors (Lipinski definition) is 4. The number of amides is 1. The quantitative estimate of drug-likeness (QED) is 0.642. The van der Waals surface area contributed by atoms with Gasteiger partial charge in [-0.25, -0.2) is 8.42 Å². The second-order valence-electron chi connectivity index (χ2n) is 7.71. The van der Waals surface area contributed by atoms with Gasteiger partial charge in [0.25, 0.3) is 0 Å². The van der Waals surface area contributed by atoms with Crippen molar-refractivity contribution >= 4 is 21.6 Å². The second-order valence-corrected chi connectivity index (χ2v) is 9.61. The molecule has 7 heteroatoms. The first kappa shape index (κ1) is 22.7. The fourth-order valence-corrected chi connectivity index (χ4v) is 3.88. The average Bonchev–Trinajstić information content (AvgIpc) is 2.64. The van der Waals surface area contributed by atoms with E-state index in [4.69, 9.17) is 4.74 Å². The Labute approximate surface area is 173 Å². The zero-order valence-corrected chi connectivity index (χ0v) is 18.3. The Bertz CT molecular complexity index is 894. The number of anilines is 1. The maximum atomic E-state index is 12.6. The molecule has 0 heterocycles. The Morgan fingerprint density at radius 3 is 2.24 bits per heavy atom. The van der Waals surface area contributed by atoms with Crippen LogP contribution in [-0.4, -0.2) is 39.3 Å². The molecule has 0 atom stereocenters. The van der Waals surface area contributed by atoms with Gasteiger partial charge in [-0.3, -0.25) is 9.10 Å². The van der Waals surface area contributed by atoms with Crippen molar-refractivity contribution in [1.29, 1.82) is 0 Å². The van der Waals surface area contributed by atoms with Gasteiger partial charge in [0.2, 0.25) is 15.9 Å². The highest BCUT2D eigenvalue weighted by molar-refractivity contribution is 7.92. The third-order valence-electron chi connectivity index (χ3n) is 4.25. The van der Waals surface area contributed by atoms with E-state index < -0.39 is 15.6 Å². The molecule has 0 aromatic heterocycles. The predicted molar refractivity (Wildman–Crippen MR) is 117 cm³/mol. The molecule has 0 bridgehead atoms. The van der Waals surface area contributed by atoms with E-state index in [0.29, 0.717) is 24.5 Å². The molecular formula is C22H30N2O4S. The predicted octanol–water partition coefficient (Wildman–Crippen LogP) is 3.38. The molecule has 0 aliphatic rings. The fraction of sp³-hybridized carbons (Fsp3) is 0.409. The van der Waals surface area contributed by atoms with E-state index in [1.54, 1.807) is 24.3 Å². The summed E-state index contributed by atoms with van der Waals surface area (Å²) in [7, 11) is -3.63. The van der Waals surface area contributed by atoms with Crippen LogP contribution in [0.3, 0.4) is 0 Å². The summed E-state index contributed by atoms with van der Waals surface area (Å²) < 4.78 is 31.2. The Kier molecular flexibility index (Phi) is 7.67. The summed E-state index contributed by atoms with van der Waals surface area (Å²) in [5, 5.41) is 2.95. The van der Waals surface area contributed by atoms with Crippen LogP contribution in [0.1, 0.15) is 32.8 Å². The Morgan fingerprint density at radius 2 is 1.69 bits per heavy atom. The largest absolute Gasteiger partial charge is 0.494 e. The standard InChI is InChI=1S/C22H30N2O4S/c1-5-15-28-20-13-11-19(12-14-20)24(29(4,26)27)17-21(25)23-22(2,3)16-18-9-7-6-8-10-18/h6-14H,5,15-17H2,1-4H3,(H,23,25). The fourth-order valence-electron chi connectivity index (χ4n) is 3.03. The third kappa shape index (κ3) is 7.42. The van der Waals surface area contributed by atoms with Gasteiger partial charge in [-0.15, -0.1) is 0 Å². The molecule has 1 amide bonds. The van der Waals surface area contributed by atoms with Crippen LogP contribution in [0.15, 0.2) is 54.6 Å². The number of carbonyl (C=O) groups is 1. The van der Waals surface area contributed by atoms with Crippen molar-refractivity contribution in [3.05, 3.63) is 60.2 Å². The lowest BCUT2D eigenvalue weighted by molar-refractivity contribution is -0.121. The number of rotatable bonds is 10. The summed E-state index contributed by atoms with van der Waals surface area (Å²) in [6.07, 6.45) is 2.62. The maximum absolute atomic E-state index is 12.6. The number of carbonyl (C=O) groups excluding carboxylic acids is 1. The molecule has 2 rings (SSSR count). The van der Waals surface area contributed by atoms with Crippen LogP contribution in [0.25, 0.3) is 0 Å². The summed E-state index contributed by atoms with van der Waals surface area (Å²) in [4.78, 5) is 12.6. The van der Waals surface area contributed by atoms with Gasteiger partial charge in [0.15, 0.2) is 0 Å². The first-order valence-electron chi connectivity index (χ1n) is 9.66. The molecule has 0 radical (unpaired) electrons. The van der Waals surface area contributed by atoms with Crippen LogP contribution < -0.4 is 14.4 Å². The lowest BCUT2D eigenvalue weighted by Crippen LogP contribution is -2.50. The van der Waals surface area contributed by atoms with Gasteiger partial charge in [0, 0.05) is 5.54 Å². The molecular weight excluding hydrogens is 388 g/mol. The SMILES string of the molecule is CCCOc1ccc(N(CC(=O)NC(C)(C)Cc2ccccc2)S(C)(=O)=O)cc1. The van der Waals surface area contributed by atoms with E-state index in [1.807, 2.05) is 51.1 Å². The topological polar surface area (TPSA) is 75.7 Å². The van der Waals surface area contributed by atoms with Gasteiger partial charge in [-0.1, -0.05) is 37.3 Å². The molecule has 2 aromatic rings. The summed E-state index contributed by atoms with van der Waals surface area (Å²) in [5.74, 6) is 0.306. The summed E-state index contributed by atoms with van der Waals surface area (Å²) >= 11 is 0. The van der Waals surface area contributed by atoms with E-state index in [0.717, 1.165) is 22.5 Å². The van der Waals surface area contributed by atoms with Crippen molar-refractivity contribution in [2.45, 2.75) is 39.2 Å². The van der Waals surface area contributed by atoms with Gasteiger partial charge in [0.1, 0.15) is 12.3 Å². The normalized spacial score (nSPS) is 11.7. The van der Waals surface area contributed by atoms with Crippen molar-refractivity contribution in [2.75, 3.05) is 23.7 Å². The molecule has 2 aromatic carbocycles. The van der Waals surface area contributed by atoms with Gasteiger partial charge < -0.3 is 10.1 Å². The molecule has 0 aliphatic heterocycles. The molecule has 29 heavy (non-hydrogen) atoms. The van der Waals surface area contributed by atoms with Crippen LogP contribution in [0, 0.1) is 0 Å². The van der Waals surface area contributed by atoms with Crippen molar-refractivity contribution in [2.24, 2.45) is 0 Å². The van der Waals surface area contributed by atoms with E-state index >= 15 is 0 Å². The minimum atomic E-state index is -3.63. The van der Waals surface area contributed by atoms with Gasteiger partial charge in [-0.05, 0) is 56.5 Å². The number of hydrogen-bond donors (Lipinski definition) is 1. The summed E-state index contributed by atoms with van der Waals surface area (Å²) in [6.45, 7) is 6.16. The number of nitrogens with one attached hydrogen (secondary N) is 1. The molecule has 158 valence electrons. The van der Waals surface area contributed by atoms with E-state index in [-0.39, 0.29) is 12.5 Å². The Morgan fingerprint density at radius 1 is 1.07 bits per heavy atom. The van der Waals surface area contributed by atoms with Crippen LogP contribution in [0.2, 0.25) is 0 Å². The highest BCUT2D eigenvalue weighted by atomic mass is 32.2. The highest BCUT2D eigenvalue weighted by Crippen LogP contribution is 2.22.